The molecule has 0 N–H and O–H groups in total. The predicted octanol–water partition coefficient (Wildman–Crippen LogP) is 5.30. The summed E-state index contributed by atoms with van der Waals surface area (Å²) in [6, 6.07) is 17.8. The molecule has 0 bridgehead atoms. The van der Waals surface area contributed by atoms with Crippen molar-refractivity contribution in [2.24, 2.45) is 13.0 Å². The van der Waals surface area contributed by atoms with Crippen LogP contribution in [0.15, 0.2) is 79.4 Å². The third-order valence-electron chi connectivity index (χ3n) is 7.14. The maximum atomic E-state index is 13.2. The zero-order valence-electron chi connectivity index (χ0n) is 22.0. The number of fused-ring (bicyclic) bond motifs is 1. The number of carbonyl (C=O) groups excluding carboxylic acids is 1. The molecule has 5 aromatic rings. The molecule has 39 heavy (non-hydrogen) atoms. The van der Waals surface area contributed by atoms with Crippen LogP contribution in [0.1, 0.15) is 34.6 Å². The van der Waals surface area contributed by atoms with E-state index >= 15 is 0 Å². The molecule has 0 saturated carbocycles. The van der Waals surface area contributed by atoms with Crippen LogP contribution >= 0.6 is 0 Å². The number of hydrogen-bond donors (Lipinski definition) is 0. The molecular weight excluding hydrogens is 484 g/mol. The van der Waals surface area contributed by atoms with Gasteiger partial charge < -0.3 is 4.90 Å². The molecule has 192 valence electrons. The summed E-state index contributed by atoms with van der Waals surface area (Å²) < 4.78 is 1.76. The topological polar surface area (TPSA) is 76.8 Å². The fraction of sp³-hybridized carbons (Fsp3) is 0.219. The second-order valence-corrected chi connectivity index (χ2v) is 9.93. The first-order valence-corrected chi connectivity index (χ1v) is 13.1. The van der Waals surface area contributed by atoms with Gasteiger partial charge in [0.2, 0.25) is 0 Å². The molecule has 0 radical (unpaired) electrons. The number of pyridine rings is 3. The fourth-order valence-corrected chi connectivity index (χ4v) is 4.98. The molecule has 0 unspecified atom stereocenters. The van der Waals surface area contributed by atoms with Crippen LogP contribution in [-0.4, -0.2) is 48.6 Å². The molecule has 4 aromatic heterocycles. The molecule has 7 nitrogen and oxygen atoms in total. The summed E-state index contributed by atoms with van der Waals surface area (Å²) >= 11 is 0. The number of likely N-dealkylation sites (tertiary alicyclic amines) is 1. The Balaban J connectivity index is 1.14. The van der Waals surface area contributed by atoms with Crippen LogP contribution in [-0.2, 0) is 7.05 Å². The summed E-state index contributed by atoms with van der Waals surface area (Å²) in [6.45, 7) is 3.36. The Morgan fingerprint density at radius 3 is 2.51 bits per heavy atom. The maximum absolute atomic E-state index is 13.2. The minimum atomic E-state index is 0.0711. The van der Waals surface area contributed by atoms with Gasteiger partial charge in [-0.3, -0.25) is 19.4 Å². The predicted molar refractivity (Wildman–Crippen MR) is 152 cm³/mol. The largest absolute Gasteiger partial charge is 0.339 e. The number of nitrogens with zero attached hydrogens (tertiary/aromatic N) is 6. The van der Waals surface area contributed by atoms with Crippen LogP contribution in [0, 0.1) is 24.7 Å². The highest BCUT2D eigenvalue weighted by molar-refractivity contribution is 5.94. The van der Waals surface area contributed by atoms with Crippen LogP contribution in [0.4, 0.5) is 0 Å². The van der Waals surface area contributed by atoms with E-state index in [1.54, 1.807) is 17.1 Å². The number of aryl methyl sites for hydroxylation is 2. The second-order valence-electron chi connectivity index (χ2n) is 9.93. The molecule has 1 aliphatic heterocycles. The highest BCUT2D eigenvalue weighted by Crippen LogP contribution is 2.25. The lowest BCUT2D eigenvalue weighted by molar-refractivity contribution is 0.0708. The Kier molecular flexibility index (Phi) is 6.60. The minimum Gasteiger partial charge on any atom is -0.339 e. The van der Waals surface area contributed by atoms with Crippen molar-refractivity contribution in [1.82, 2.24) is 29.6 Å². The van der Waals surface area contributed by atoms with Gasteiger partial charge in [0, 0.05) is 66.9 Å². The van der Waals surface area contributed by atoms with Crippen molar-refractivity contribution in [1.29, 1.82) is 0 Å². The quantitative estimate of drug-likeness (QED) is 0.307. The molecule has 1 aromatic carbocycles. The number of rotatable bonds is 3. The van der Waals surface area contributed by atoms with Crippen molar-refractivity contribution >= 4 is 16.8 Å². The fourth-order valence-electron chi connectivity index (χ4n) is 4.98. The molecule has 0 aliphatic carbocycles. The Morgan fingerprint density at radius 2 is 1.77 bits per heavy atom. The van der Waals surface area contributed by atoms with E-state index in [4.69, 9.17) is 4.98 Å². The van der Waals surface area contributed by atoms with E-state index in [0.29, 0.717) is 18.7 Å². The summed E-state index contributed by atoms with van der Waals surface area (Å²) in [7, 11) is 1.89. The molecule has 6 rings (SSSR count). The van der Waals surface area contributed by atoms with E-state index in [2.05, 4.69) is 26.9 Å². The molecule has 1 aliphatic rings. The van der Waals surface area contributed by atoms with Crippen LogP contribution in [0.5, 0.6) is 0 Å². The van der Waals surface area contributed by atoms with Crippen molar-refractivity contribution < 1.29 is 4.79 Å². The van der Waals surface area contributed by atoms with Gasteiger partial charge in [-0.05, 0) is 79.3 Å². The number of aromatic nitrogens is 5. The van der Waals surface area contributed by atoms with Gasteiger partial charge in [0.25, 0.3) is 5.91 Å². The van der Waals surface area contributed by atoms with E-state index < -0.39 is 0 Å². The maximum Gasteiger partial charge on any atom is 0.253 e. The van der Waals surface area contributed by atoms with Crippen LogP contribution < -0.4 is 0 Å². The van der Waals surface area contributed by atoms with Gasteiger partial charge in [0.05, 0.1) is 17.4 Å². The normalized spacial score (nSPS) is 13.7. The molecular formula is C32H28N6O. The van der Waals surface area contributed by atoms with E-state index in [0.717, 1.165) is 57.5 Å². The monoisotopic (exact) mass is 512 g/mol. The second kappa shape index (κ2) is 10.5. The minimum absolute atomic E-state index is 0.0711. The summed E-state index contributed by atoms with van der Waals surface area (Å²) in [5, 5.41) is 5.21. The smallest absolute Gasteiger partial charge is 0.253 e. The summed E-state index contributed by atoms with van der Waals surface area (Å²) in [5.74, 6) is 7.06. The Labute approximate surface area is 227 Å². The van der Waals surface area contributed by atoms with Gasteiger partial charge in [0.15, 0.2) is 0 Å². The molecule has 0 spiro atoms. The first kappa shape index (κ1) is 24.5. The number of benzene rings is 1. The first-order chi connectivity index (χ1) is 19.0. The van der Waals surface area contributed by atoms with Crippen LogP contribution in [0.2, 0.25) is 0 Å². The molecule has 1 fully saturated rings. The van der Waals surface area contributed by atoms with Gasteiger partial charge >= 0.3 is 0 Å². The lowest BCUT2D eigenvalue weighted by Gasteiger charge is -2.30. The van der Waals surface area contributed by atoms with Crippen LogP contribution in [0.25, 0.3) is 33.3 Å². The zero-order chi connectivity index (χ0) is 26.8. The number of hydrogen-bond acceptors (Lipinski definition) is 5. The van der Waals surface area contributed by atoms with Crippen LogP contribution in [0.3, 0.4) is 0 Å². The van der Waals surface area contributed by atoms with Gasteiger partial charge in [-0.15, -0.1) is 0 Å². The molecule has 0 atom stereocenters. The lowest BCUT2D eigenvalue weighted by atomic mass is 9.96. The van der Waals surface area contributed by atoms with Gasteiger partial charge in [-0.25, -0.2) is 4.98 Å². The van der Waals surface area contributed by atoms with E-state index in [9.17, 15) is 4.79 Å². The Bertz CT molecular complexity index is 1720. The van der Waals surface area contributed by atoms with Crippen molar-refractivity contribution in [3.8, 4) is 34.2 Å². The van der Waals surface area contributed by atoms with E-state index in [-0.39, 0.29) is 11.8 Å². The SMILES string of the molecule is Cc1cc(-c2ccc(C(=O)N3CCC(C#Cc4nc(-c5cnn(C)c5)cc5ncccc45)CC3)cc2)ccn1. The van der Waals surface area contributed by atoms with E-state index in [1.807, 2.05) is 85.9 Å². The summed E-state index contributed by atoms with van der Waals surface area (Å²) in [5.41, 5.74) is 7.20. The molecule has 1 amide bonds. The molecule has 7 heteroatoms. The number of carbonyl (C=O) groups is 1. The van der Waals surface area contributed by atoms with Crippen molar-refractivity contribution in [3.05, 3.63) is 96.3 Å². The number of amides is 1. The Hall–Kier alpha value is -4.83. The van der Waals surface area contributed by atoms with Crippen molar-refractivity contribution in [3.63, 3.8) is 0 Å². The van der Waals surface area contributed by atoms with Crippen molar-refractivity contribution in [2.45, 2.75) is 19.8 Å². The van der Waals surface area contributed by atoms with Gasteiger partial charge in [-0.2, -0.15) is 5.10 Å². The van der Waals surface area contributed by atoms with Gasteiger partial charge in [0.1, 0.15) is 5.69 Å². The average molecular weight is 513 g/mol. The third kappa shape index (κ3) is 5.27. The highest BCUT2D eigenvalue weighted by Gasteiger charge is 2.23. The molecule has 5 heterocycles. The highest BCUT2D eigenvalue weighted by atomic mass is 16.2. The standard InChI is InChI=1S/C32H28N6O/c1-22-18-26(11-15-33-22)24-6-8-25(9-7-24)32(39)38-16-12-23(13-17-38)5-10-29-28-4-3-14-34-31(28)19-30(36-29)27-20-35-37(2)21-27/h3-4,6-9,11,14-15,18-21,23H,12-13,16-17H2,1-2H3. The first-order valence-electron chi connectivity index (χ1n) is 13.1. The lowest BCUT2D eigenvalue weighted by Crippen LogP contribution is -2.38. The number of piperidine rings is 1. The van der Waals surface area contributed by atoms with E-state index in [1.165, 1.54) is 0 Å². The summed E-state index contributed by atoms with van der Waals surface area (Å²) in [4.78, 5) is 28.7. The summed E-state index contributed by atoms with van der Waals surface area (Å²) in [6.07, 6.45) is 9.01. The third-order valence-corrected chi connectivity index (χ3v) is 7.14. The van der Waals surface area contributed by atoms with Crippen molar-refractivity contribution in [2.75, 3.05) is 13.1 Å². The zero-order valence-corrected chi connectivity index (χ0v) is 22.0. The Morgan fingerprint density at radius 1 is 0.949 bits per heavy atom. The van der Waals surface area contributed by atoms with Gasteiger partial charge in [-0.1, -0.05) is 18.1 Å². The molecule has 1 saturated heterocycles. The average Bonchev–Trinajstić information content (AvgIpc) is 3.42.